The van der Waals surface area contributed by atoms with Gasteiger partial charge in [0, 0.05) is 32.3 Å². The van der Waals surface area contributed by atoms with Gasteiger partial charge >= 0.3 is 0 Å². The first kappa shape index (κ1) is 17.4. The van der Waals surface area contributed by atoms with Gasteiger partial charge in [-0.25, -0.2) is 0 Å². The van der Waals surface area contributed by atoms with Crippen molar-refractivity contribution >= 4 is 11.8 Å². The van der Waals surface area contributed by atoms with Crippen LogP contribution >= 0.6 is 0 Å². The van der Waals surface area contributed by atoms with Crippen molar-refractivity contribution < 1.29 is 24.0 Å². The van der Waals surface area contributed by atoms with Crippen molar-refractivity contribution in [3.63, 3.8) is 0 Å². The van der Waals surface area contributed by atoms with E-state index in [9.17, 15) is 14.7 Å². The average molecular weight is 325 g/mol. The Morgan fingerprint density at radius 3 is 2.78 bits per heavy atom. The normalized spacial score (nSPS) is 19.1. The van der Waals surface area contributed by atoms with E-state index in [1.165, 1.54) is 9.80 Å². The summed E-state index contributed by atoms with van der Waals surface area (Å²) in [5.74, 6) is 0.186. The fraction of sp³-hybridized carbons (Fsp3) is 0.667. The van der Waals surface area contributed by atoms with Crippen molar-refractivity contribution in [1.82, 2.24) is 15.0 Å². The summed E-state index contributed by atoms with van der Waals surface area (Å²) in [4.78, 5) is 27.7. The first-order chi connectivity index (χ1) is 10.9. The van der Waals surface area contributed by atoms with Gasteiger partial charge in [-0.3, -0.25) is 9.59 Å². The number of aromatic nitrogens is 1. The maximum Gasteiger partial charge on any atom is 0.242 e. The predicted molar refractivity (Wildman–Crippen MR) is 80.7 cm³/mol. The Labute approximate surface area is 135 Å². The van der Waals surface area contributed by atoms with E-state index in [4.69, 9.17) is 9.26 Å². The Morgan fingerprint density at radius 2 is 2.17 bits per heavy atom. The van der Waals surface area contributed by atoms with Gasteiger partial charge in [0.25, 0.3) is 0 Å². The Kier molecular flexibility index (Phi) is 5.73. The quantitative estimate of drug-likeness (QED) is 0.785. The largest absolute Gasteiger partial charge is 0.389 e. The minimum Gasteiger partial charge on any atom is -0.389 e. The van der Waals surface area contributed by atoms with Crippen molar-refractivity contribution in [2.75, 3.05) is 39.9 Å². The molecule has 2 rings (SSSR count). The summed E-state index contributed by atoms with van der Waals surface area (Å²) in [5, 5.41) is 13.9. The Hall–Kier alpha value is -1.93. The molecule has 0 aromatic carbocycles. The second kappa shape index (κ2) is 7.56. The second-order valence-electron chi connectivity index (χ2n) is 5.74. The van der Waals surface area contributed by atoms with Crippen LogP contribution in [0.1, 0.15) is 17.0 Å². The number of aliphatic hydroxyl groups is 1. The number of hydrogen-bond donors (Lipinski definition) is 1. The summed E-state index contributed by atoms with van der Waals surface area (Å²) in [6.07, 6.45) is -0.661. The molecule has 8 heteroatoms. The van der Waals surface area contributed by atoms with E-state index in [0.29, 0.717) is 24.6 Å². The third-order valence-electron chi connectivity index (χ3n) is 3.97. The van der Waals surface area contributed by atoms with Gasteiger partial charge < -0.3 is 24.2 Å². The van der Waals surface area contributed by atoms with E-state index in [2.05, 4.69) is 5.16 Å². The third-order valence-corrected chi connectivity index (χ3v) is 3.97. The van der Waals surface area contributed by atoms with Crippen LogP contribution in [-0.4, -0.2) is 77.9 Å². The van der Waals surface area contributed by atoms with Crippen molar-refractivity contribution in [2.45, 2.75) is 26.4 Å². The summed E-state index contributed by atoms with van der Waals surface area (Å²) < 4.78 is 10.0. The summed E-state index contributed by atoms with van der Waals surface area (Å²) in [6.45, 7) is 4.62. The number of nitrogens with zero attached hydrogens (tertiary/aromatic N) is 3. The van der Waals surface area contributed by atoms with E-state index < -0.39 is 6.10 Å². The molecule has 0 bridgehead atoms. The standard InChI is InChI=1S/C15H23N3O5/c1-10-13(11(2)23-16-10)6-14(20)18-8-12(19)7-17(4-5-22-3)15(21)9-18/h12,19H,4-9H2,1-3H3. The number of carbonyl (C=O) groups is 2. The van der Waals surface area contributed by atoms with E-state index >= 15 is 0 Å². The predicted octanol–water partition coefficient (Wildman–Crippen LogP) is -0.488. The second-order valence-corrected chi connectivity index (χ2v) is 5.74. The molecule has 1 aromatic heterocycles. The molecular formula is C15H23N3O5. The highest BCUT2D eigenvalue weighted by atomic mass is 16.5. The van der Waals surface area contributed by atoms with Gasteiger partial charge in [0.05, 0.1) is 31.4 Å². The monoisotopic (exact) mass is 325 g/mol. The molecule has 2 amide bonds. The zero-order chi connectivity index (χ0) is 17.0. The van der Waals surface area contributed by atoms with Crippen LogP contribution in [0.4, 0.5) is 0 Å². The molecule has 2 heterocycles. The number of aliphatic hydroxyl groups excluding tert-OH is 1. The number of methoxy groups -OCH3 is 1. The van der Waals surface area contributed by atoms with Gasteiger partial charge in [-0.05, 0) is 13.8 Å². The molecule has 0 radical (unpaired) electrons. The number of aryl methyl sites for hydroxylation is 2. The Bertz CT molecular complexity index is 552. The number of carbonyl (C=O) groups excluding carboxylic acids is 2. The lowest BCUT2D eigenvalue weighted by Gasteiger charge is -2.21. The summed E-state index contributed by atoms with van der Waals surface area (Å²) in [5.41, 5.74) is 1.40. The van der Waals surface area contributed by atoms with Gasteiger partial charge in [0.1, 0.15) is 5.76 Å². The fourth-order valence-electron chi connectivity index (χ4n) is 2.62. The van der Waals surface area contributed by atoms with Crippen LogP contribution in [0.3, 0.4) is 0 Å². The minimum atomic E-state index is -0.771. The molecule has 8 nitrogen and oxygen atoms in total. The SMILES string of the molecule is COCCN1CC(O)CN(C(=O)Cc2c(C)noc2C)CC1=O. The summed E-state index contributed by atoms with van der Waals surface area (Å²) in [7, 11) is 1.55. The molecule has 1 fully saturated rings. The maximum atomic E-state index is 12.5. The highest BCUT2D eigenvalue weighted by Gasteiger charge is 2.29. The molecule has 1 atom stereocenters. The van der Waals surface area contributed by atoms with Crippen molar-refractivity contribution in [2.24, 2.45) is 0 Å². The van der Waals surface area contributed by atoms with Gasteiger partial charge in [0.2, 0.25) is 11.8 Å². The number of β-amino-alcohol motifs (C(OH)–C–C–N with tert-alkyl or cyclic N) is 1. The molecule has 128 valence electrons. The van der Waals surface area contributed by atoms with Crippen molar-refractivity contribution in [3.05, 3.63) is 17.0 Å². The highest BCUT2D eigenvalue weighted by molar-refractivity contribution is 5.86. The number of amides is 2. The molecular weight excluding hydrogens is 302 g/mol. The molecule has 1 aromatic rings. The van der Waals surface area contributed by atoms with Gasteiger partial charge in [-0.15, -0.1) is 0 Å². The van der Waals surface area contributed by atoms with Crippen LogP contribution in [0.15, 0.2) is 4.52 Å². The average Bonchev–Trinajstić information content (AvgIpc) is 2.73. The van der Waals surface area contributed by atoms with E-state index in [0.717, 1.165) is 5.56 Å². The number of ether oxygens (including phenoxy) is 1. The maximum absolute atomic E-state index is 12.5. The lowest BCUT2D eigenvalue weighted by Crippen LogP contribution is -2.41. The topological polar surface area (TPSA) is 96.1 Å². The number of hydrogen-bond acceptors (Lipinski definition) is 6. The first-order valence-corrected chi connectivity index (χ1v) is 7.56. The zero-order valence-corrected chi connectivity index (χ0v) is 13.7. The van der Waals surface area contributed by atoms with Crippen LogP contribution in [0.2, 0.25) is 0 Å². The van der Waals surface area contributed by atoms with Crippen LogP contribution in [-0.2, 0) is 20.7 Å². The molecule has 1 aliphatic heterocycles. The van der Waals surface area contributed by atoms with Crippen molar-refractivity contribution in [3.8, 4) is 0 Å². The molecule has 0 spiro atoms. The molecule has 1 saturated heterocycles. The fourth-order valence-corrected chi connectivity index (χ4v) is 2.62. The Balaban J connectivity index is 2.04. The van der Waals surface area contributed by atoms with E-state index in [1.807, 2.05) is 0 Å². The van der Waals surface area contributed by atoms with Gasteiger partial charge in [-0.1, -0.05) is 5.16 Å². The minimum absolute atomic E-state index is 0.0387. The van der Waals surface area contributed by atoms with Gasteiger partial charge in [0.15, 0.2) is 0 Å². The first-order valence-electron chi connectivity index (χ1n) is 7.56. The summed E-state index contributed by atoms with van der Waals surface area (Å²) in [6, 6.07) is 0. The number of rotatable bonds is 5. The van der Waals surface area contributed by atoms with Crippen LogP contribution in [0, 0.1) is 13.8 Å². The molecule has 1 unspecified atom stereocenters. The van der Waals surface area contributed by atoms with E-state index in [1.54, 1.807) is 21.0 Å². The third kappa shape index (κ3) is 4.29. The molecule has 1 N–H and O–H groups in total. The van der Waals surface area contributed by atoms with Crippen LogP contribution in [0.25, 0.3) is 0 Å². The lowest BCUT2D eigenvalue weighted by atomic mass is 10.1. The smallest absolute Gasteiger partial charge is 0.242 e. The molecule has 23 heavy (non-hydrogen) atoms. The molecule has 1 aliphatic rings. The van der Waals surface area contributed by atoms with Gasteiger partial charge in [-0.2, -0.15) is 0 Å². The Morgan fingerprint density at radius 1 is 1.43 bits per heavy atom. The highest BCUT2D eigenvalue weighted by Crippen LogP contribution is 2.15. The van der Waals surface area contributed by atoms with E-state index in [-0.39, 0.29) is 37.9 Å². The van der Waals surface area contributed by atoms with Crippen LogP contribution < -0.4 is 0 Å². The lowest BCUT2D eigenvalue weighted by molar-refractivity contribution is -0.138. The van der Waals surface area contributed by atoms with Crippen LogP contribution in [0.5, 0.6) is 0 Å². The summed E-state index contributed by atoms with van der Waals surface area (Å²) >= 11 is 0. The molecule has 0 saturated carbocycles. The zero-order valence-electron chi connectivity index (χ0n) is 13.7. The van der Waals surface area contributed by atoms with Crippen molar-refractivity contribution in [1.29, 1.82) is 0 Å². The molecule has 0 aliphatic carbocycles.